The Hall–Kier alpha value is -2.93. The quantitative estimate of drug-likeness (QED) is 0.811. The summed E-state index contributed by atoms with van der Waals surface area (Å²) in [5.41, 5.74) is 2.74. The van der Waals surface area contributed by atoms with Crippen LogP contribution in [0.15, 0.2) is 42.5 Å². The summed E-state index contributed by atoms with van der Waals surface area (Å²) in [6.45, 7) is 6.54. The summed E-state index contributed by atoms with van der Waals surface area (Å²) >= 11 is 0. The lowest BCUT2D eigenvalue weighted by Gasteiger charge is -2.34. The lowest BCUT2D eigenvalue weighted by Crippen LogP contribution is -2.51. The second-order valence-corrected chi connectivity index (χ2v) is 7.25. The van der Waals surface area contributed by atoms with Gasteiger partial charge < -0.3 is 15.0 Å². The number of nitrogens with one attached hydrogen (secondary N) is 1. The van der Waals surface area contributed by atoms with Crippen LogP contribution in [0, 0.1) is 19.7 Å². The highest BCUT2D eigenvalue weighted by atomic mass is 19.1. The van der Waals surface area contributed by atoms with Crippen LogP contribution in [-0.4, -0.2) is 60.9 Å². The molecule has 1 aliphatic heterocycles. The molecule has 1 saturated heterocycles. The van der Waals surface area contributed by atoms with Crippen molar-refractivity contribution < 1.29 is 18.7 Å². The Labute approximate surface area is 170 Å². The van der Waals surface area contributed by atoms with Crippen molar-refractivity contribution in [2.75, 3.05) is 44.6 Å². The molecule has 3 rings (SSSR count). The molecule has 0 atom stereocenters. The summed E-state index contributed by atoms with van der Waals surface area (Å²) in [6.07, 6.45) is 0. The number of carbonyl (C=O) groups excluding carboxylic acids is 2. The fraction of sp³-hybridized carbons (Fsp3) is 0.364. The lowest BCUT2D eigenvalue weighted by molar-refractivity contribution is -0.135. The highest BCUT2D eigenvalue weighted by Gasteiger charge is 2.22. The molecule has 2 amide bonds. The number of nitrogens with zero attached hydrogens (tertiary/aromatic N) is 2. The van der Waals surface area contributed by atoms with E-state index >= 15 is 0 Å². The molecule has 6 nitrogen and oxygen atoms in total. The normalized spacial score (nSPS) is 14.5. The molecule has 2 aromatic carbocycles. The number of aryl methyl sites for hydroxylation is 2. The average Bonchev–Trinajstić information content (AvgIpc) is 2.69. The molecule has 0 radical (unpaired) electrons. The third-order valence-corrected chi connectivity index (χ3v) is 5.04. The maximum atomic E-state index is 13.2. The monoisotopic (exact) mass is 399 g/mol. The summed E-state index contributed by atoms with van der Waals surface area (Å²) in [4.78, 5) is 28.3. The minimum absolute atomic E-state index is 0.00254. The summed E-state index contributed by atoms with van der Waals surface area (Å²) in [5, 5.41) is 2.69. The zero-order valence-electron chi connectivity index (χ0n) is 16.8. The molecule has 1 fully saturated rings. The molecule has 0 bridgehead atoms. The minimum Gasteiger partial charge on any atom is -0.484 e. The smallest absolute Gasteiger partial charge is 0.260 e. The highest BCUT2D eigenvalue weighted by molar-refractivity contribution is 5.92. The molecule has 1 N–H and O–H groups in total. The molecule has 154 valence electrons. The Morgan fingerprint density at radius 2 is 1.79 bits per heavy atom. The number of piperazine rings is 1. The Morgan fingerprint density at radius 3 is 2.48 bits per heavy atom. The van der Waals surface area contributed by atoms with E-state index in [0.717, 1.165) is 5.56 Å². The van der Waals surface area contributed by atoms with Gasteiger partial charge in [-0.2, -0.15) is 0 Å². The van der Waals surface area contributed by atoms with E-state index < -0.39 is 5.82 Å². The van der Waals surface area contributed by atoms with Gasteiger partial charge in [-0.15, -0.1) is 0 Å². The van der Waals surface area contributed by atoms with Gasteiger partial charge in [-0.1, -0.05) is 12.1 Å². The van der Waals surface area contributed by atoms with E-state index in [9.17, 15) is 14.0 Å². The van der Waals surface area contributed by atoms with Crippen LogP contribution < -0.4 is 10.1 Å². The first-order valence-corrected chi connectivity index (χ1v) is 9.66. The number of rotatable bonds is 6. The standard InChI is InChI=1S/C22H26FN3O3/c1-16-6-7-20(12-17(16)2)29-15-22(28)26-10-8-25(9-11-26)14-21(27)24-19-5-3-4-18(23)13-19/h3-7,12-13H,8-11,14-15H2,1-2H3,(H,24,27). The van der Waals surface area contributed by atoms with Crippen LogP contribution in [0.1, 0.15) is 11.1 Å². The van der Waals surface area contributed by atoms with Gasteiger partial charge in [0.2, 0.25) is 5.91 Å². The fourth-order valence-electron chi connectivity index (χ4n) is 3.17. The molecule has 29 heavy (non-hydrogen) atoms. The zero-order chi connectivity index (χ0) is 20.8. The van der Waals surface area contributed by atoms with Gasteiger partial charge in [0.15, 0.2) is 6.61 Å². The first-order valence-electron chi connectivity index (χ1n) is 9.66. The van der Waals surface area contributed by atoms with E-state index in [2.05, 4.69) is 5.32 Å². The van der Waals surface area contributed by atoms with Crippen LogP contribution in [0.25, 0.3) is 0 Å². The molecule has 7 heteroatoms. The van der Waals surface area contributed by atoms with Crippen molar-refractivity contribution in [3.63, 3.8) is 0 Å². The van der Waals surface area contributed by atoms with Crippen LogP contribution >= 0.6 is 0 Å². The molecule has 2 aromatic rings. The molecule has 1 heterocycles. The van der Waals surface area contributed by atoms with E-state index in [1.165, 1.54) is 17.7 Å². The van der Waals surface area contributed by atoms with Crippen molar-refractivity contribution in [1.82, 2.24) is 9.80 Å². The SMILES string of the molecule is Cc1ccc(OCC(=O)N2CCN(CC(=O)Nc3cccc(F)c3)CC2)cc1C. The van der Waals surface area contributed by atoms with Crippen LogP contribution in [0.3, 0.4) is 0 Å². The van der Waals surface area contributed by atoms with Gasteiger partial charge >= 0.3 is 0 Å². The molecule has 0 spiro atoms. The topological polar surface area (TPSA) is 61.9 Å². The molecule has 0 unspecified atom stereocenters. The first kappa shape index (κ1) is 20.8. The molecule has 1 aliphatic rings. The summed E-state index contributed by atoms with van der Waals surface area (Å²) in [6, 6.07) is 11.6. The van der Waals surface area contributed by atoms with Gasteiger partial charge in [0.1, 0.15) is 11.6 Å². The van der Waals surface area contributed by atoms with Gasteiger partial charge in [-0.25, -0.2) is 4.39 Å². The van der Waals surface area contributed by atoms with Gasteiger partial charge in [0.05, 0.1) is 6.54 Å². The molecular formula is C22H26FN3O3. The number of benzene rings is 2. The second-order valence-electron chi connectivity index (χ2n) is 7.25. The summed E-state index contributed by atoms with van der Waals surface area (Å²) < 4.78 is 18.8. The summed E-state index contributed by atoms with van der Waals surface area (Å²) in [7, 11) is 0. The highest BCUT2D eigenvalue weighted by Crippen LogP contribution is 2.16. The van der Waals surface area contributed by atoms with Crippen molar-refractivity contribution in [2.24, 2.45) is 0 Å². The molecule has 0 saturated carbocycles. The number of anilines is 1. The van der Waals surface area contributed by atoms with Gasteiger partial charge in [-0.05, 0) is 55.3 Å². The Kier molecular flexibility index (Phi) is 6.82. The predicted octanol–water partition coefficient (Wildman–Crippen LogP) is 2.60. The molecular weight excluding hydrogens is 373 g/mol. The van der Waals surface area contributed by atoms with E-state index in [-0.39, 0.29) is 25.0 Å². The first-order chi connectivity index (χ1) is 13.9. The van der Waals surface area contributed by atoms with Gasteiger partial charge in [0, 0.05) is 31.9 Å². The van der Waals surface area contributed by atoms with Gasteiger partial charge in [0.25, 0.3) is 5.91 Å². The second kappa shape index (κ2) is 9.52. The van der Waals surface area contributed by atoms with Crippen molar-refractivity contribution in [3.8, 4) is 5.75 Å². The van der Waals surface area contributed by atoms with Crippen molar-refractivity contribution in [2.45, 2.75) is 13.8 Å². The maximum absolute atomic E-state index is 13.2. The Balaban J connectivity index is 1.40. The number of carbonyl (C=O) groups is 2. The predicted molar refractivity (Wildman–Crippen MR) is 109 cm³/mol. The van der Waals surface area contributed by atoms with Crippen molar-refractivity contribution in [1.29, 1.82) is 0 Å². The molecule has 0 aromatic heterocycles. The Morgan fingerprint density at radius 1 is 1.03 bits per heavy atom. The van der Waals surface area contributed by atoms with Gasteiger partial charge in [-0.3, -0.25) is 14.5 Å². The van der Waals surface area contributed by atoms with E-state index in [0.29, 0.717) is 37.6 Å². The maximum Gasteiger partial charge on any atom is 0.260 e. The minimum atomic E-state index is -0.391. The van der Waals surface area contributed by atoms with Crippen LogP contribution in [0.4, 0.5) is 10.1 Å². The van der Waals surface area contributed by atoms with Crippen LogP contribution in [-0.2, 0) is 9.59 Å². The molecule has 0 aliphatic carbocycles. The lowest BCUT2D eigenvalue weighted by atomic mass is 10.1. The number of halogens is 1. The number of hydrogen-bond acceptors (Lipinski definition) is 4. The number of ether oxygens (including phenoxy) is 1. The number of hydrogen-bond donors (Lipinski definition) is 1. The summed E-state index contributed by atoms with van der Waals surface area (Å²) in [5.74, 6) is 0.0348. The fourth-order valence-corrected chi connectivity index (χ4v) is 3.17. The third-order valence-electron chi connectivity index (χ3n) is 5.04. The van der Waals surface area contributed by atoms with Crippen molar-refractivity contribution >= 4 is 17.5 Å². The van der Waals surface area contributed by atoms with E-state index in [4.69, 9.17) is 4.74 Å². The van der Waals surface area contributed by atoms with Crippen molar-refractivity contribution in [3.05, 3.63) is 59.4 Å². The third kappa shape index (κ3) is 6.02. The average molecular weight is 399 g/mol. The Bertz CT molecular complexity index is 879. The largest absolute Gasteiger partial charge is 0.484 e. The van der Waals surface area contributed by atoms with Crippen LogP contribution in [0.2, 0.25) is 0 Å². The van der Waals surface area contributed by atoms with E-state index in [1.807, 2.05) is 36.9 Å². The zero-order valence-corrected chi connectivity index (χ0v) is 16.8. The van der Waals surface area contributed by atoms with Crippen LogP contribution in [0.5, 0.6) is 5.75 Å². The number of amides is 2. The van der Waals surface area contributed by atoms with E-state index in [1.54, 1.807) is 17.0 Å².